The van der Waals surface area contributed by atoms with E-state index >= 15 is 0 Å². The minimum atomic E-state index is -1.12. The van der Waals surface area contributed by atoms with E-state index in [1.807, 2.05) is 7.05 Å². The van der Waals surface area contributed by atoms with E-state index in [1.165, 1.54) is 0 Å². The minimum Gasteiger partial charge on any atom is -0.479 e. The van der Waals surface area contributed by atoms with Crippen molar-refractivity contribution in [3.05, 3.63) is 0 Å². The van der Waals surface area contributed by atoms with Crippen LogP contribution in [0.25, 0.3) is 0 Å². The van der Waals surface area contributed by atoms with E-state index in [4.69, 9.17) is 5.11 Å². The highest BCUT2D eigenvalue weighted by atomic mass is 16.7. The molecule has 17 heavy (non-hydrogen) atoms. The zero-order chi connectivity index (χ0) is 12.8. The van der Waals surface area contributed by atoms with Crippen LogP contribution in [-0.2, 0) is 9.63 Å². The number of nitrogens with zero attached hydrogens (tertiary/aromatic N) is 2. The van der Waals surface area contributed by atoms with E-state index in [2.05, 4.69) is 15.2 Å². The largest absolute Gasteiger partial charge is 0.479 e. The molecule has 7 heteroatoms. The number of urea groups is 1. The number of hydrogen-bond donors (Lipinski definition) is 2. The topological polar surface area (TPSA) is 82.1 Å². The Morgan fingerprint density at radius 1 is 1.47 bits per heavy atom. The highest BCUT2D eigenvalue weighted by Gasteiger charge is 2.23. The molecule has 0 unspecified atom stereocenters. The van der Waals surface area contributed by atoms with E-state index in [1.54, 1.807) is 11.9 Å². The number of likely N-dealkylation sites (tertiary alicyclic amines) is 1. The number of hydrogen-bond acceptors (Lipinski definition) is 4. The quantitative estimate of drug-likeness (QED) is 0.667. The lowest BCUT2D eigenvalue weighted by atomic mass is 10.0. The van der Waals surface area contributed by atoms with Gasteiger partial charge in [0.25, 0.3) is 0 Å². The standard InChI is InChI=1S/C10H19N3O4/c1-12-5-3-8(4-6-12)13(2)10(16)11-17-7-9(14)15/h8H,3-7H2,1-2H3,(H,11,16)(H,14,15). The molecule has 0 aromatic heterocycles. The molecule has 1 saturated heterocycles. The molecule has 1 aliphatic heterocycles. The summed E-state index contributed by atoms with van der Waals surface area (Å²) in [6.07, 6.45) is 1.83. The second-order valence-corrected chi connectivity index (χ2v) is 4.23. The van der Waals surface area contributed by atoms with Crippen molar-refractivity contribution in [2.45, 2.75) is 18.9 Å². The molecule has 0 atom stereocenters. The predicted molar refractivity (Wildman–Crippen MR) is 60.4 cm³/mol. The zero-order valence-corrected chi connectivity index (χ0v) is 10.2. The normalized spacial score (nSPS) is 17.8. The summed E-state index contributed by atoms with van der Waals surface area (Å²) in [6.45, 7) is 1.38. The summed E-state index contributed by atoms with van der Waals surface area (Å²) in [7, 11) is 3.74. The Balaban J connectivity index is 2.28. The highest BCUT2D eigenvalue weighted by Crippen LogP contribution is 2.13. The van der Waals surface area contributed by atoms with Gasteiger partial charge >= 0.3 is 12.0 Å². The van der Waals surface area contributed by atoms with Gasteiger partial charge in [0.05, 0.1) is 0 Å². The highest BCUT2D eigenvalue weighted by molar-refractivity contribution is 5.73. The first-order chi connectivity index (χ1) is 8.00. The lowest BCUT2D eigenvalue weighted by Crippen LogP contribution is -2.48. The Morgan fingerprint density at radius 2 is 2.06 bits per heavy atom. The summed E-state index contributed by atoms with van der Waals surface area (Å²) < 4.78 is 0. The van der Waals surface area contributed by atoms with Crippen molar-refractivity contribution in [3.8, 4) is 0 Å². The number of carbonyl (C=O) groups excluding carboxylic acids is 1. The maximum absolute atomic E-state index is 11.6. The molecule has 0 aromatic rings. The minimum absolute atomic E-state index is 0.180. The first kappa shape index (κ1) is 13.7. The van der Waals surface area contributed by atoms with Crippen LogP contribution in [0.5, 0.6) is 0 Å². The van der Waals surface area contributed by atoms with Crippen molar-refractivity contribution in [3.63, 3.8) is 0 Å². The lowest BCUT2D eigenvalue weighted by molar-refractivity contribution is -0.144. The number of amides is 2. The van der Waals surface area contributed by atoms with Gasteiger partial charge in [0.15, 0.2) is 6.61 Å². The lowest BCUT2D eigenvalue weighted by Gasteiger charge is -2.34. The maximum Gasteiger partial charge on any atom is 0.341 e. The second-order valence-electron chi connectivity index (χ2n) is 4.23. The smallest absolute Gasteiger partial charge is 0.341 e. The van der Waals surface area contributed by atoms with Crippen LogP contribution in [0.15, 0.2) is 0 Å². The predicted octanol–water partition coefficient (Wildman–Crippen LogP) is -0.262. The Bertz CT molecular complexity index is 277. The van der Waals surface area contributed by atoms with Crippen molar-refractivity contribution < 1.29 is 19.5 Å². The number of carboxylic acid groups (broad SMARTS) is 1. The molecular formula is C10H19N3O4. The van der Waals surface area contributed by atoms with Gasteiger partial charge in [-0.3, -0.25) is 4.84 Å². The fourth-order valence-electron chi connectivity index (χ4n) is 1.78. The Labute approximate surface area is 100 Å². The third kappa shape index (κ3) is 4.58. The number of carbonyl (C=O) groups is 2. The van der Waals surface area contributed by atoms with Crippen LogP contribution < -0.4 is 5.48 Å². The summed E-state index contributed by atoms with van der Waals surface area (Å²) in [5.41, 5.74) is 2.11. The fourth-order valence-corrected chi connectivity index (χ4v) is 1.78. The average Bonchev–Trinajstić information content (AvgIpc) is 2.28. The van der Waals surface area contributed by atoms with Crippen LogP contribution >= 0.6 is 0 Å². The van der Waals surface area contributed by atoms with Crippen LogP contribution in [0, 0.1) is 0 Å². The van der Waals surface area contributed by atoms with Crippen LogP contribution in [-0.4, -0.2) is 66.7 Å². The molecule has 7 nitrogen and oxygen atoms in total. The van der Waals surface area contributed by atoms with Gasteiger partial charge in [-0.1, -0.05) is 0 Å². The van der Waals surface area contributed by atoms with Gasteiger partial charge in [0.2, 0.25) is 0 Å². The summed E-state index contributed by atoms with van der Waals surface area (Å²) in [4.78, 5) is 30.1. The van der Waals surface area contributed by atoms with Gasteiger partial charge in [-0.25, -0.2) is 15.1 Å². The third-order valence-electron chi connectivity index (χ3n) is 2.91. The van der Waals surface area contributed by atoms with Crippen molar-refractivity contribution >= 4 is 12.0 Å². The van der Waals surface area contributed by atoms with Crippen molar-refractivity contribution in [2.75, 3.05) is 33.8 Å². The number of hydroxylamine groups is 1. The van der Waals surface area contributed by atoms with Gasteiger partial charge in [-0.05, 0) is 33.0 Å². The van der Waals surface area contributed by atoms with E-state index < -0.39 is 18.6 Å². The maximum atomic E-state index is 11.6. The first-order valence-electron chi connectivity index (χ1n) is 5.55. The summed E-state index contributed by atoms with van der Waals surface area (Å²) in [5.74, 6) is -1.12. The van der Waals surface area contributed by atoms with Gasteiger partial charge in [0.1, 0.15) is 0 Å². The molecule has 0 aromatic carbocycles. The number of rotatable bonds is 4. The van der Waals surface area contributed by atoms with E-state index in [-0.39, 0.29) is 6.04 Å². The van der Waals surface area contributed by atoms with Crippen LogP contribution in [0.3, 0.4) is 0 Å². The Morgan fingerprint density at radius 3 is 2.59 bits per heavy atom. The molecule has 2 N–H and O–H groups in total. The van der Waals surface area contributed by atoms with Gasteiger partial charge in [-0.15, -0.1) is 0 Å². The molecule has 0 bridgehead atoms. The van der Waals surface area contributed by atoms with E-state index in [9.17, 15) is 9.59 Å². The molecule has 0 saturated carbocycles. The summed E-state index contributed by atoms with van der Waals surface area (Å²) in [6, 6.07) is -0.222. The molecule has 1 aliphatic rings. The van der Waals surface area contributed by atoms with Crippen molar-refractivity contribution in [1.29, 1.82) is 0 Å². The third-order valence-corrected chi connectivity index (χ3v) is 2.91. The van der Waals surface area contributed by atoms with E-state index in [0.717, 1.165) is 25.9 Å². The fraction of sp³-hybridized carbons (Fsp3) is 0.800. The molecule has 2 amide bonds. The monoisotopic (exact) mass is 245 g/mol. The van der Waals surface area contributed by atoms with Gasteiger partial charge in [0, 0.05) is 13.1 Å². The molecular weight excluding hydrogens is 226 g/mol. The molecule has 98 valence electrons. The zero-order valence-electron chi connectivity index (χ0n) is 10.2. The molecule has 1 fully saturated rings. The molecule has 0 aliphatic carbocycles. The van der Waals surface area contributed by atoms with E-state index in [0.29, 0.717) is 0 Å². The average molecular weight is 245 g/mol. The molecule has 1 rings (SSSR count). The van der Waals surface area contributed by atoms with Crippen LogP contribution in [0.4, 0.5) is 4.79 Å². The molecule has 1 heterocycles. The number of piperidine rings is 1. The summed E-state index contributed by atoms with van der Waals surface area (Å²) in [5, 5.41) is 8.35. The molecule has 0 spiro atoms. The van der Waals surface area contributed by atoms with Gasteiger partial charge < -0.3 is 14.9 Å². The molecule has 0 radical (unpaired) electrons. The van der Waals surface area contributed by atoms with Crippen molar-refractivity contribution in [1.82, 2.24) is 15.3 Å². The number of nitrogens with one attached hydrogen (secondary N) is 1. The van der Waals surface area contributed by atoms with Crippen LogP contribution in [0.1, 0.15) is 12.8 Å². The summed E-state index contributed by atoms with van der Waals surface area (Å²) >= 11 is 0. The van der Waals surface area contributed by atoms with Crippen molar-refractivity contribution in [2.24, 2.45) is 0 Å². The Hall–Kier alpha value is -1.34. The number of carboxylic acids is 1. The second kappa shape index (κ2) is 6.41. The Kier molecular flexibility index (Phi) is 5.17. The SMILES string of the molecule is CN1CCC(N(C)C(=O)NOCC(=O)O)CC1. The number of aliphatic carboxylic acids is 1. The van der Waals surface area contributed by atoms with Gasteiger partial charge in [-0.2, -0.15) is 0 Å². The van der Waals surface area contributed by atoms with Crippen LogP contribution in [0.2, 0.25) is 0 Å². The first-order valence-corrected chi connectivity index (χ1v) is 5.55.